The molecule has 0 amide bonds. The zero-order valence-electron chi connectivity index (χ0n) is 19.7. The molecule has 0 atom stereocenters. The molecular weight excluding hydrogens is 446 g/mol. The Morgan fingerprint density at radius 2 is 1.61 bits per heavy atom. The number of hydrogen-bond acceptors (Lipinski definition) is 4. The van der Waals surface area contributed by atoms with E-state index < -0.39 is 0 Å². The van der Waals surface area contributed by atoms with Crippen molar-refractivity contribution in [1.82, 2.24) is 4.98 Å². The van der Waals surface area contributed by atoms with Crippen LogP contribution in [-0.4, -0.2) is 4.98 Å². The minimum Gasteiger partial charge on any atom is -0.456 e. The van der Waals surface area contributed by atoms with E-state index >= 15 is 0 Å². The Balaban J connectivity index is 1.56. The van der Waals surface area contributed by atoms with Gasteiger partial charge < -0.3 is 8.83 Å². The Morgan fingerprint density at radius 3 is 2.47 bits per heavy atom. The van der Waals surface area contributed by atoms with E-state index in [-0.39, 0.29) is 0 Å². The summed E-state index contributed by atoms with van der Waals surface area (Å²) < 4.78 is 14.8. The van der Waals surface area contributed by atoms with Gasteiger partial charge in [0.2, 0.25) is 5.69 Å². The van der Waals surface area contributed by atoms with Crippen LogP contribution in [-0.2, 0) is 7.05 Å². The third kappa shape index (κ3) is 2.82. The van der Waals surface area contributed by atoms with Crippen LogP contribution in [0.4, 0.5) is 0 Å². The molecular formula is C31H20N3O2+. The van der Waals surface area contributed by atoms with Gasteiger partial charge in [0.25, 0.3) is 0 Å². The van der Waals surface area contributed by atoms with Gasteiger partial charge in [0, 0.05) is 40.1 Å². The summed E-state index contributed by atoms with van der Waals surface area (Å²) in [6.45, 7) is 2.08. The molecule has 170 valence electrons. The number of furan rings is 2. The molecule has 0 unspecified atom stereocenters. The van der Waals surface area contributed by atoms with E-state index in [9.17, 15) is 5.26 Å². The summed E-state index contributed by atoms with van der Waals surface area (Å²) in [7, 11) is 2.02. The highest BCUT2D eigenvalue weighted by atomic mass is 16.3. The Kier molecular flexibility index (Phi) is 4.27. The second kappa shape index (κ2) is 7.53. The average molecular weight is 467 g/mol. The molecule has 7 aromatic rings. The Bertz CT molecular complexity index is 2040. The zero-order chi connectivity index (χ0) is 24.4. The Morgan fingerprint density at radius 1 is 0.806 bits per heavy atom. The van der Waals surface area contributed by atoms with Crippen molar-refractivity contribution in [2.45, 2.75) is 6.92 Å². The van der Waals surface area contributed by atoms with Crippen molar-refractivity contribution in [2.24, 2.45) is 7.05 Å². The number of nitriles is 1. The van der Waals surface area contributed by atoms with Gasteiger partial charge in [0.05, 0.1) is 11.1 Å². The summed E-state index contributed by atoms with van der Waals surface area (Å²) >= 11 is 0. The van der Waals surface area contributed by atoms with Gasteiger partial charge in [-0.1, -0.05) is 30.3 Å². The fraction of sp³-hybridized carbons (Fsp3) is 0.0645. The van der Waals surface area contributed by atoms with E-state index in [2.05, 4.69) is 40.7 Å². The van der Waals surface area contributed by atoms with Crippen LogP contribution in [0.15, 0.2) is 94.0 Å². The largest absolute Gasteiger partial charge is 0.456 e. The number of aromatic nitrogens is 2. The third-order valence-electron chi connectivity index (χ3n) is 6.96. The molecule has 0 saturated heterocycles. The van der Waals surface area contributed by atoms with Gasteiger partial charge >= 0.3 is 0 Å². The normalized spacial score (nSPS) is 11.6. The number of hydrogen-bond donors (Lipinski definition) is 0. The topological polar surface area (TPSA) is 66.8 Å². The Labute approximate surface area is 206 Å². The molecule has 5 heteroatoms. The minimum atomic E-state index is 0.459. The number of para-hydroxylation sites is 1. The van der Waals surface area contributed by atoms with Gasteiger partial charge in [-0.2, -0.15) is 5.26 Å². The molecule has 4 aromatic heterocycles. The number of benzene rings is 3. The molecule has 0 fully saturated rings. The number of nitrogens with zero attached hydrogens (tertiary/aromatic N) is 3. The van der Waals surface area contributed by atoms with E-state index in [1.54, 1.807) is 6.20 Å². The van der Waals surface area contributed by atoms with Crippen molar-refractivity contribution in [1.29, 1.82) is 5.26 Å². The predicted octanol–water partition coefficient (Wildman–Crippen LogP) is 7.22. The molecule has 36 heavy (non-hydrogen) atoms. The summed E-state index contributed by atoms with van der Waals surface area (Å²) in [6, 6.07) is 26.6. The first-order chi connectivity index (χ1) is 17.6. The van der Waals surface area contributed by atoms with Crippen molar-refractivity contribution in [3.8, 4) is 28.5 Å². The van der Waals surface area contributed by atoms with Gasteiger partial charge in [-0.15, -0.1) is 0 Å². The molecule has 0 N–H and O–H groups in total. The van der Waals surface area contributed by atoms with Gasteiger partial charge in [0.15, 0.2) is 17.4 Å². The molecule has 4 heterocycles. The third-order valence-corrected chi connectivity index (χ3v) is 6.96. The molecule has 0 bridgehead atoms. The number of pyridine rings is 2. The number of rotatable bonds is 2. The summed E-state index contributed by atoms with van der Waals surface area (Å²) in [5, 5.41) is 13.0. The van der Waals surface area contributed by atoms with Crippen LogP contribution in [0.3, 0.4) is 0 Å². The van der Waals surface area contributed by atoms with Crippen LogP contribution in [0.25, 0.3) is 66.4 Å². The van der Waals surface area contributed by atoms with Gasteiger partial charge in [-0.3, -0.25) is 4.98 Å². The Hall–Kier alpha value is -4.95. The summed E-state index contributed by atoms with van der Waals surface area (Å²) in [4.78, 5) is 4.66. The standard InChI is InChI=1S/C31H20N3O2/c1-18-10-12-23-29-31(36-30(23)27(18)24-8-5-6-14-34(24)2)28(20(16-32)17-33-29)19-11-13-22-21-7-3-4-9-25(21)35-26(22)15-19/h3-15,17H,1-2H3/q+1. The van der Waals surface area contributed by atoms with Gasteiger partial charge in [0.1, 0.15) is 29.8 Å². The molecule has 0 radical (unpaired) electrons. The van der Waals surface area contributed by atoms with Crippen molar-refractivity contribution < 1.29 is 13.4 Å². The van der Waals surface area contributed by atoms with Crippen molar-refractivity contribution in [3.63, 3.8) is 0 Å². The van der Waals surface area contributed by atoms with Crippen LogP contribution in [0.1, 0.15) is 11.1 Å². The summed E-state index contributed by atoms with van der Waals surface area (Å²) in [5.41, 5.74) is 8.92. The zero-order valence-corrected chi connectivity index (χ0v) is 19.7. The maximum Gasteiger partial charge on any atom is 0.216 e. The van der Waals surface area contributed by atoms with Crippen molar-refractivity contribution in [2.75, 3.05) is 0 Å². The van der Waals surface area contributed by atoms with E-state index in [0.29, 0.717) is 11.1 Å². The molecule has 0 aliphatic rings. The fourth-order valence-electron chi connectivity index (χ4n) is 5.21. The first-order valence-electron chi connectivity index (χ1n) is 11.8. The first kappa shape index (κ1) is 20.4. The van der Waals surface area contributed by atoms with Crippen LogP contribution < -0.4 is 4.57 Å². The highest BCUT2D eigenvalue weighted by Gasteiger charge is 2.24. The lowest BCUT2D eigenvalue weighted by atomic mass is 9.98. The quantitative estimate of drug-likeness (QED) is 0.252. The lowest BCUT2D eigenvalue weighted by Gasteiger charge is -2.05. The van der Waals surface area contributed by atoms with Gasteiger partial charge in [-0.25, -0.2) is 4.57 Å². The second-order valence-corrected chi connectivity index (χ2v) is 9.08. The maximum atomic E-state index is 10.00. The van der Waals surface area contributed by atoms with Crippen LogP contribution in [0.2, 0.25) is 0 Å². The van der Waals surface area contributed by atoms with Crippen LogP contribution in [0, 0.1) is 18.3 Å². The van der Waals surface area contributed by atoms with E-state index in [1.807, 2.05) is 67.8 Å². The average Bonchev–Trinajstić information content (AvgIpc) is 3.46. The van der Waals surface area contributed by atoms with Gasteiger partial charge in [-0.05, 0) is 48.4 Å². The van der Waals surface area contributed by atoms with Crippen molar-refractivity contribution in [3.05, 3.63) is 96.3 Å². The second-order valence-electron chi connectivity index (χ2n) is 9.08. The minimum absolute atomic E-state index is 0.459. The van der Waals surface area contributed by atoms with E-state index in [1.165, 1.54) is 0 Å². The molecule has 0 aliphatic carbocycles. The van der Waals surface area contributed by atoms with E-state index in [4.69, 9.17) is 8.83 Å². The lowest BCUT2D eigenvalue weighted by Crippen LogP contribution is -2.30. The molecule has 0 saturated carbocycles. The first-order valence-corrected chi connectivity index (χ1v) is 11.8. The molecule has 0 aliphatic heterocycles. The molecule has 3 aromatic carbocycles. The number of aryl methyl sites for hydroxylation is 2. The maximum absolute atomic E-state index is 10.00. The highest BCUT2D eigenvalue weighted by Crippen LogP contribution is 2.42. The SMILES string of the molecule is Cc1ccc2c(oc3c(-c4ccc5c(c4)oc4ccccc45)c(C#N)cnc32)c1-c1cccc[n+]1C. The number of fused-ring (bicyclic) bond motifs is 6. The summed E-state index contributed by atoms with van der Waals surface area (Å²) in [6.07, 6.45) is 3.66. The van der Waals surface area contributed by atoms with Crippen LogP contribution in [0.5, 0.6) is 0 Å². The van der Waals surface area contributed by atoms with Crippen molar-refractivity contribution >= 4 is 44.0 Å². The smallest absolute Gasteiger partial charge is 0.216 e. The highest BCUT2D eigenvalue weighted by molar-refractivity contribution is 6.13. The monoisotopic (exact) mass is 466 g/mol. The molecule has 5 nitrogen and oxygen atoms in total. The summed E-state index contributed by atoms with van der Waals surface area (Å²) in [5.74, 6) is 0. The molecule has 0 spiro atoms. The van der Waals surface area contributed by atoms with E-state index in [0.717, 1.165) is 66.4 Å². The fourth-order valence-corrected chi connectivity index (χ4v) is 5.21. The lowest BCUT2D eigenvalue weighted by molar-refractivity contribution is -0.660. The molecule has 7 rings (SSSR count). The predicted molar refractivity (Wildman–Crippen MR) is 140 cm³/mol. The van der Waals surface area contributed by atoms with Crippen LogP contribution >= 0.6 is 0 Å².